The Bertz CT molecular complexity index is 375. The van der Waals surface area contributed by atoms with E-state index >= 15 is 0 Å². The monoisotopic (exact) mass is 223 g/mol. The smallest absolute Gasteiger partial charge is 0.237 e. The van der Waals surface area contributed by atoms with Gasteiger partial charge in [0.2, 0.25) is 11.8 Å². The van der Waals surface area contributed by atoms with Crippen molar-refractivity contribution in [3.63, 3.8) is 0 Å². The summed E-state index contributed by atoms with van der Waals surface area (Å²) < 4.78 is 5.28. The molecule has 0 saturated carbocycles. The van der Waals surface area contributed by atoms with Gasteiger partial charge in [0.05, 0.1) is 18.8 Å². The summed E-state index contributed by atoms with van der Waals surface area (Å²) in [5.74, 6) is 1.74. The van der Waals surface area contributed by atoms with Crippen LogP contribution in [0.25, 0.3) is 0 Å². The van der Waals surface area contributed by atoms with Gasteiger partial charge >= 0.3 is 0 Å². The number of rotatable bonds is 3. The van der Waals surface area contributed by atoms with Crippen molar-refractivity contribution in [2.45, 2.75) is 32.9 Å². The van der Waals surface area contributed by atoms with Gasteiger partial charge < -0.3 is 15.1 Å². The minimum atomic E-state index is -0.0731. The first-order chi connectivity index (χ1) is 7.66. The van der Waals surface area contributed by atoms with E-state index in [0.717, 1.165) is 18.7 Å². The molecule has 1 amide bonds. The van der Waals surface area contributed by atoms with Crippen LogP contribution in [0.2, 0.25) is 0 Å². The number of aromatic nitrogens is 1. The van der Waals surface area contributed by atoms with Crippen molar-refractivity contribution in [1.29, 1.82) is 0 Å². The number of hydrogen-bond acceptors (Lipinski definition) is 4. The van der Waals surface area contributed by atoms with Crippen molar-refractivity contribution in [3.8, 4) is 0 Å². The summed E-state index contributed by atoms with van der Waals surface area (Å²) in [6.07, 6.45) is 2.70. The molecule has 2 unspecified atom stereocenters. The van der Waals surface area contributed by atoms with Gasteiger partial charge in [-0.2, -0.15) is 0 Å². The lowest BCUT2D eigenvalue weighted by atomic mass is 10.0. The Morgan fingerprint density at radius 2 is 2.56 bits per heavy atom. The summed E-state index contributed by atoms with van der Waals surface area (Å²) >= 11 is 0. The molecule has 2 N–H and O–H groups in total. The molecule has 1 aromatic rings. The number of carbonyl (C=O) groups is 1. The SMILES string of the molecule is Cc1cnc(CNC(=O)C2NCCC2C)o1. The van der Waals surface area contributed by atoms with Gasteiger partial charge in [-0.1, -0.05) is 6.92 Å². The molecule has 0 aromatic carbocycles. The molecule has 1 fully saturated rings. The van der Waals surface area contributed by atoms with Crippen LogP contribution in [0, 0.1) is 12.8 Å². The number of aryl methyl sites for hydroxylation is 1. The summed E-state index contributed by atoms with van der Waals surface area (Å²) in [5, 5.41) is 6.01. The van der Waals surface area contributed by atoms with Crippen molar-refractivity contribution < 1.29 is 9.21 Å². The minimum Gasteiger partial charge on any atom is -0.444 e. The van der Waals surface area contributed by atoms with Gasteiger partial charge in [-0.15, -0.1) is 0 Å². The first-order valence-electron chi connectivity index (χ1n) is 5.59. The van der Waals surface area contributed by atoms with E-state index in [9.17, 15) is 4.79 Å². The molecular formula is C11H17N3O2. The molecular weight excluding hydrogens is 206 g/mol. The quantitative estimate of drug-likeness (QED) is 0.787. The lowest BCUT2D eigenvalue weighted by Gasteiger charge is -2.14. The molecule has 5 heteroatoms. The molecule has 2 heterocycles. The lowest BCUT2D eigenvalue weighted by molar-refractivity contribution is -0.123. The Morgan fingerprint density at radius 1 is 1.75 bits per heavy atom. The van der Waals surface area contributed by atoms with Gasteiger partial charge in [-0.3, -0.25) is 4.79 Å². The second-order valence-electron chi connectivity index (χ2n) is 4.28. The number of carbonyl (C=O) groups excluding carboxylic acids is 1. The van der Waals surface area contributed by atoms with Gasteiger partial charge in [0, 0.05) is 0 Å². The summed E-state index contributed by atoms with van der Waals surface area (Å²) in [6.45, 7) is 5.19. The normalized spacial score (nSPS) is 24.6. The molecule has 5 nitrogen and oxygen atoms in total. The van der Waals surface area contributed by atoms with Crippen molar-refractivity contribution in [2.24, 2.45) is 5.92 Å². The maximum atomic E-state index is 11.8. The second kappa shape index (κ2) is 4.65. The molecule has 1 aromatic heterocycles. The molecule has 0 aliphatic carbocycles. The van der Waals surface area contributed by atoms with Crippen LogP contribution >= 0.6 is 0 Å². The largest absolute Gasteiger partial charge is 0.444 e. The zero-order valence-corrected chi connectivity index (χ0v) is 9.62. The molecule has 0 bridgehead atoms. The highest BCUT2D eigenvalue weighted by atomic mass is 16.4. The molecule has 16 heavy (non-hydrogen) atoms. The van der Waals surface area contributed by atoms with Crippen molar-refractivity contribution in [3.05, 3.63) is 17.8 Å². The number of nitrogens with zero attached hydrogens (tertiary/aromatic N) is 1. The fourth-order valence-electron chi connectivity index (χ4n) is 1.94. The van der Waals surface area contributed by atoms with Gasteiger partial charge in [-0.05, 0) is 25.8 Å². The van der Waals surface area contributed by atoms with Gasteiger partial charge in [0.25, 0.3) is 0 Å². The maximum Gasteiger partial charge on any atom is 0.237 e. The highest BCUT2D eigenvalue weighted by Crippen LogP contribution is 2.14. The van der Waals surface area contributed by atoms with E-state index in [-0.39, 0.29) is 11.9 Å². The van der Waals surface area contributed by atoms with Crippen LogP contribution in [-0.2, 0) is 11.3 Å². The Labute approximate surface area is 94.6 Å². The summed E-state index contributed by atoms with van der Waals surface area (Å²) in [5.41, 5.74) is 0. The van der Waals surface area contributed by atoms with Crippen LogP contribution in [0.3, 0.4) is 0 Å². The van der Waals surface area contributed by atoms with Crippen LogP contribution in [0.4, 0.5) is 0 Å². The standard InChI is InChI=1S/C11H17N3O2/c1-7-3-4-12-10(7)11(15)14-6-9-13-5-8(2)16-9/h5,7,10,12H,3-4,6H2,1-2H3,(H,14,15). The third-order valence-corrected chi connectivity index (χ3v) is 2.90. The van der Waals surface area contributed by atoms with Crippen molar-refractivity contribution >= 4 is 5.91 Å². The Hall–Kier alpha value is -1.36. The van der Waals surface area contributed by atoms with Crippen LogP contribution < -0.4 is 10.6 Å². The van der Waals surface area contributed by atoms with E-state index in [4.69, 9.17) is 4.42 Å². The first kappa shape index (κ1) is 11.1. The van der Waals surface area contributed by atoms with Crippen LogP contribution in [0.15, 0.2) is 10.6 Å². The third-order valence-electron chi connectivity index (χ3n) is 2.90. The zero-order chi connectivity index (χ0) is 11.5. The Kier molecular flexibility index (Phi) is 3.24. The Balaban J connectivity index is 1.83. The summed E-state index contributed by atoms with van der Waals surface area (Å²) in [4.78, 5) is 15.8. The van der Waals surface area contributed by atoms with Crippen LogP contribution in [0.1, 0.15) is 25.0 Å². The van der Waals surface area contributed by atoms with E-state index in [1.807, 2.05) is 6.92 Å². The molecule has 1 saturated heterocycles. The maximum absolute atomic E-state index is 11.8. The fourth-order valence-corrected chi connectivity index (χ4v) is 1.94. The molecule has 88 valence electrons. The summed E-state index contributed by atoms with van der Waals surface area (Å²) in [7, 11) is 0. The predicted octanol–water partition coefficient (Wildman–Crippen LogP) is 0.597. The van der Waals surface area contributed by atoms with E-state index in [0.29, 0.717) is 18.4 Å². The molecule has 0 radical (unpaired) electrons. The molecule has 2 rings (SSSR count). The fraction of sp³-hybridized carbons (Fsp3) is 0.636. The first-order valence-corrected chi connectivity index (χ1v) is 5.59. The average Bonchev–Trinajstić information content (AvgIpc) is 2.84. The average molecular weight is 223 g/mol. The number of hydrogen-bond donors (Lipinski definition) is 2. The number of oxazole rings is 1. The van der Waals surface area contributed by atoms with E-state index in [1.54, 1.807) is 6.20 Å². The topological polar surface area (TPSA) is 67.2 Å². The molecule has 1 aliphatic rings. The lowest BCUT2D eigenvalue weighted by Crippen LogP contribution is -2.42. The van der Waals surface area contributed by atoms with E-state index in [2.05, 4.69) is 22.5 Å². The zero-order valence-electron chi connectivity index (χ0n) is 9.62. The molecule has 2 atom stereocenters. The predicted molar refractivity (Wildman–Crippen MR) is 58.7 cm³/mol. The van der Waals surface area contributed by atoms with Gasteiger partial charge in [0.15, 0.2) is 0 Å². The van der Waals surface area contributed by atoms with Gasteiger partial charge in [0.1, 0.15) is 5.76 Å². The van der Waals surface area contributed by atoms with E-state index < -0.39 is 0 Å². The molecule has 1 aliphatic heterocycles. The summed E-state index contributed by atoms with van der Waals surface area (Å²) in [6, 6.07) is -0.0731. The highest BCUT2D eigenvalue weighted by Gasteiger charge is 2.28. The Morgan fingerprint density at radius 3 is 3.12 bits per heavy atom. The second-order valence-corrected chi connectivity index (χ2v) is 4.28. The van der Waals surface area contributed by atoms with E-state index in [1.165, 1.54) is 0 Å². The van der Waals surface area contributed by atoms with Gasteiger partial charge in [-0.25, -0.2) is 4.98 Å². The molecule has 0 spiro atoms. The number of amides is 1. The third kappa shape index (κ3) is 2.41. The van der Waals surface area contributed by atoms with Crippen molar-refractivity contribution in [1.82, 2.24) is 15.6 Å². The van der Waals surface area contributed by atoms with Crippen LogP contribution in [-0.4, -0.2) is 23.5 Å². The minimum absolute atomic E-state index is 0.0286. The van der Waals surface area contributed by atoms with Crippen molar-refractivity contribution in [2.75, 3.05) is 6.54 Å². The highest BCUT2D eigenvalue weighted by molar-refractivity contribution is 5.82. The number of nitrogens with one attached hydrogen (secondary N) is 2. The van der Waals surface area contributed by atoms with Crippen LogP contribution in [0.5, 0.6) is 0 Å².